The Kier molecular flexibility index (Phi) is 8.98. The van der Waals surface area contributed by atoms with E-state index in [1.807, 2.05) is 24.3 Å². The Hall–Kier alpha value is -4.32. The number of morpholine rings is 1. The summed E-state index contributed by atoms with van der Waals surface area (Å²) >= 11 is 0. The molecule has 1 saturated heterocycles. The number of rotatable bonds is 12. The molecule has 1 fully saturated rings. The summed E-state index contributed by atoms with van der Waals surface area (Å²) in [5.74, 6) is -0.0873. The van der Waals surface area contributed by atoms with E-state index in [-0.39, 0.29) is 62.2 Å². The number of aryl methyl sites for hydroxylation is 2. The molecule has 1 unspecified atom stereocenters. The first-order valence-electron chi connectivity index (χ1n) is 12.2. The van der Waals surface area contributed by atoms with E-state index in [1.165, 1.54) is 0 Å². The first kappa shape index (κ1) is 26.7. The van der Waals surface area contributed by atoms with Crippen LogP contribution in [0, 0.1) is 0 Å². The topological polar surface area (TPSA) is 131 Å². The van der Waals surface area contributed by atoms with Crippen LogP contribution < -0.4 is 19.8 Å². The Labute approximate surface area is 219 Å². The Morgan fingerprint density at radius 1 is 1.05 bits per heavy atom. The third-order valence-electron chi connectivity index (χ3n) is 5.75. The van der Waals surface area contributed by atoms with Crippen LogP contribution in [0.1, 0.15) is 12.1 Å². The molecule has 12 heteroatoms. The van der Waals surface area contributed by atoms with Crippen molar-refractivity contribution in [3.05, 3.63) is 65.6 Å². The normalized spacial score (nSPS) is 15.2. The second-order valence-corrected chi connectivity index (χ2v) is 8.44. The Bertz CT molecular complexity index is 1330. The van der Waals surface area contributed by atoms with E-state index >= 15 is 0 Å². The van der Waals surface area contributed by atoms with Gasteiger partial charge in [0.25, 0.3) is 5.56 Å². The van der Waals surface area contributed by atoms with Crippen LogP contribution in [0.15, 0.2) is 54.4 Å². The van der Waals surface area contributed by atoms with Gasteiger partial charge in [0.2, 0.25) is 5.91 Å². The van der Waals surface area contributed by atoms with Crippen LogP contribution in [-0.4, -0.2) is 80.9 Å². The van der Waals surface area contributed by atoms with Gasteiger partial charge in [0, 0.05) is 26.4 Å². The second kappa shape index (κ2) is 12.8. The molecule has 4 rings (SSSR count). The lowest BCUT2D eigenvalue weighted by Crippen LogP contribution is -2.47. The SMILES string of the molecule is C=CCOc1nc(OCC=C)nc(OCC2CN(C(=O)CCc3nc4ccccc4n(C)c3=O)CCO2)n1. The van der Waals surface area contributed by atoms with Crippen LogP contribution in [0.5, 0.6) is 18.0 Å². The maximum Gasteiger partial charge on any atom is 0.326 e. The van der Waals surface area contributed by atoms with Gasteiger partial charge in [0.15, 0.2) is 0 Å². The molecule has 0 bridgehead atoms. The smallest absolute Gasteiger partial charge is 0.326 e. The fourth-order valence-electron chi connectivity index (χ4n) is 3.88. The number of para-hydroxylation sites is 2. The van der Waals surface area contributed by atoms with Crippen molar-refractivity contribution in [3.8, 4) is 18.0 Å². The molecule has 0 spiro atoms. The van der Waals surface area contributed by atoms with Gasteiger partial charge >= 0.3 is 18.0 Å². The first-order chi connectivity index (χ1) is 18.5. The molecule has 3 heterocycles. The van der Waals surface area contributed by atoms with Crippen molar-refractivity contribution in [1.82, 2.24) is 29.4 Å². The van der Waals surface area contributed by atoms with Crippen LogP contribution in [0.2, 0.25) is 0 Å². The fraction of sp³-hybridized carbons (Fsp3) is 0.385. The quantitative estimate of drug-likeness (QED) is 0.322. The van der Waals surface area contributed by atoms with Crippen molar-refractivity contribution < 1.29 is 23.7 Å². The van der Waals surface area contributed by atoms with Gasteiger partial charge in [-0.25, -0.2) is 4.98 Å². The molecule has 1 amide bonds. The number of carbonyl (C=O) groups excluding carboxylic acids is 1. The van der Waals surface area contributed by atoms with E-state index in [4.69, 9.17) is 18.9 Å². The molecule has 200 valence electrons. The zero-order chi connectivity index (χ0) is 26.9. The lowest BCUT2D eigenvalue weighted by atomic mass is 10.2. The minimum absolute atomic E-state index is 0.00315. The van der Waals surface area contributed by atoms with E-state index in [2.05, 4.69) is 33.1 Å². The van der Waals surface area contributed by atoms with E-state index in [1.54, 1.807) is 28.7 Å². The minimum Gasteiger partial charge on any atom is -0.460 e. The zero-order valence-electron chi connectivity index (χ0n) is 21.2. The maximum atomic E-state index is 13.0. The predicted molar refractivity (Wildman–Crippen MR) is 138 cm³/mol. The van der Waals surface area contributed by atoms with E-state index < -0.39 is 6.10 Å². The molecule has 0 saturated carbocycles. The molecule has 1 aromatic carbocycles. The van der Waals surface area contributed by atoms with Crippen molar-refractivity contribution in [3.63, 3.8) is 0 Å². The summed E-state index contributed by atoms with van der Waals surface area (Å²) in [5.41, 5.74) is 1.64. The number of carbonyl (C=O) groups is 1. The average Bonchev–Trinajstić information content (AvgIpc) is 2.95. The molecule has 12 nitrogen and oxygen atoms in total. The maximum absolute atomic E-state index is 13.0. The number of aromatic nitrogens is 5. The molecule has 1 aliphatic rings. The van der Waals surface area contributed by atoms with Crippen LogP contribution in [0.4, 0.5) is 0 Å². The Balaban J connectivity index is 1.34. The number of benzene rings is 1. The van der Waals surface area contributed by atoms with E-state index in [0.29, 0.717) is 25.4 Å². The molecule has 1 aliphatic heterocycles. The molecule has 38 heavy (non-hydrogen) atoms. The van der Waals surface area contributed by atoms with Gasteiger partial charge in [0.05, 0.1) is 24.2 Å². The molecular weight excluding hydrogens is 492 g/mol. The third kappa shape index (κ3) is 6.71. The van der Waals surface area contributed by atoms with E-state index in [0.717, 1.165) is 11.0 Å². The summed E-state index contributed by atoms with van der Waals surface area (Å²) in [6.45, 7) is 8.83. The zero-order valence-corrected chi connectivity index (χ0v) is 21.2. The van der Waals surface area contributed by atoms with Gasteiger partial charge in [0.1, 0.15) is 31.6 Å². The third-order valence-corrected chi connectivity index (χ3v) is 5.75. The second-order valence-electron chi connectivity index (χ2n) is 8.44. The number of fused-ring (bicyclic) bond motifs is 1. The van der Waals surface area contributed by atoms with Gasteiger partial charge in [-0.15, -0.1) is 15.0 Å². The largest absolute Gasteiger partial charge is 0.460 e. The van der Waals surface area contributed by atoms with Gasteiger partial charge in [-0.3, -0.25) is 9.59 Å². The van der Waals surface area contributed by atoms with Crippen LogP contribution in [0.25, 0.3) is 11.0 Å². The average molecular weight is 523 g/mol. The van der Waals surface area contributed by atoms with Crippen molar-refractivity contribution in [2.75, 3.05) is 39.5 Å². The minimum atomic E-state index is -0.397. The standard InChI is InChI=1S/C26H30N6O6/c1-4-13-36-24-28-25(37-14-5-2)30-26(29-24)38-17-18-16-32(12-15-35-18)22(33)11-10-20-23(34)31(3)21-9-7-6-8-19(21)27-20/h4-9,18H,1-2,10-17H2,3H3. The van der Waals surface area contributed by atoms with Crippen molar-refractivity contribution in [2.24, 2.45) is 7.05 Å². The highest BCUT2D eigenvalue weighted by Gasteiger charge is 2.25. The first-order valence-corrected chi connectivity index (χ1v) is 12.2. The summed E-state index contributed by atoms with van der Waals surface area (Å²) in [5, 5.41) is 0. The summed E-state index contributed by atoms with van der Waals surface area (Å²) in [6, 6.07) is 7.48. The monoisotopic (exact) mass is 522 g/mol. The number of amides is 1. The highest BCUT2D eigenvalue weighted by molar-refractivity contribution is 5.77. The summed E-state index contributed by atoms with van der Waals surface area (Å²) < 4.78 is 23.8. The van der Waals surface area contributed by atoms with Gasteiger partial charge in [-0.1, -0.05) is 37.4 Å². The van der Waals surface area contributed by atoms with Crippen LogP contribution >= 0.6 is 0 Å². The van der Waals surface area contributed by atoms with Crippen molar-refractivity contribution >= 4 is 16.9 Å². The highest BCUT2D eigenvalue weighted by Crippen LogP contribution is 2.17. The number of nitrogens with zero attached hydrogens (tertiary/aromatic N) is 6. The molecule has 0 N–H and O–H groups in total. The Morgan fingerprint density at radius 3 is 2.39 bits per heavy atom. The molecule has 0 radical (unpaired) electrons. The van der Waals surface area contributed by atoms with E-state index in [9.17, 15) is 9.59 Å². The van der Waals surface area contributed by atoms with Crippen LogP contribution in [-0.2, 0) is 23.0 Å². The Morgan fingerprint density at radius 2 is 1.71 bits per heavy atom. The molecule has 0 aliphatic carbocycles. The molecule has 3 aromatic rings. The van der Waals surface area contributed by atoms with Gasteiger partial charge in [-0.2, -0.15) is 0 Å². The lowest BCUT2D eigenvalue weighted by molar-refractivity contribution is -0.139. The summed E-state index contributed by atoms with van der Waals surface area (Å²) in [7, 11) is 1.71. The molecule has 2 aromatic heterocycles. The van der Waals surface area contributed by atoms with Crippen molar-refractivity contribution in [1.29, 1.82) is 0 Å². The highest BCUT2D eigenvalue weighted by atomic mass is 16.6. The fourth-order valence-corrected chi connectivity index (χ4v) is 3.88. The predicted octanol–water partition coefficient (Wildman–Crippen LogP) is 1.49. The van der Waals surface area contributed by atoms with Crippen LogP contribution in [0.3, 0.4) is 0 Å². The molecule has 1 atom stereocenters. The molecular formula is C26H30N6O6. The van der Waals surface area contributed by atoms with Crippen molar-refractivity contribution in [2.45, 2.75) is 18.9 Å². The van der Waals surface area contributed by atoms with Gasteiger partial charge < -0.3 is 28.4 Å². The number of ether oxygens (including phenoxy) is 4. The number of hydrogen-bond acceptors (Lipinski definition) is 10. The summed E-state index contributed by atoms with van der Waals surface area (Å²) in [6.07, 6.45) is 3.14. The number of hydrogen-bond donors (Lipinski definition) is 0. The lowest BCUT2D eigenvalue weighted by Gasteiger charge is -2.32. The summed E-state index contributed by atoms with van der Waals surface area (Å²) in [4.78, 5) is 44.1. The van der Waals surface area contributed by atoms with Gasteiger partial charge in [-0.05, 0) is 12.1 Å².